The highest BCUT2D eigenvalue weighted by atomic mass is 19.1. The Kier molecular flexibility index (Phi) is 4.66. The normalized spacial score (nSPS) is 18.2. The van der Waals surface area contributed by atoms with Gasteiger partial charge >= 0.3 is 5.97 Å². The zero-order valence-electron chi connectivity index (χ0n) is 10.9. The number of carboxylic acid groups (broad SMARTS) is 1. The number of nitro groups is 1. The summed E-state index contributed by atoms with van der Waals surface area (Å²) in [5, 5.41) is 22.3. The number of benzene rings is 1. The molecule has 2 N–H and O–H groups in total. The fraction of sp³-hybridized carbons (Fsp3) is 0.417. The molecule has 9 heteroatoms. The molecule has 0 aliphatic carbocycles. The average Bonchev–Trinajstić information content (AvgIpc) is 2.46. The molecule has 0 bridgehead atoms. The highest BCUT2D eigenvalue weighted by Gasteiger charge is 2.24. The van der Waals surface area contributed by atoms with Gasteiger partial charge in [-0.3, -0.25) is 10.1 Å². The lowest BCUT2D eigenvalue weighted by Gasteiger charge is -2.23. The van der Waals surface area contributed by atoms with Crippen LogP contribution < -0.4 is 5.32 Å². The summed E-state index contributed by atoms with van der Waals surface area (Å²) in [5.74, 6) is -2.40. The number of carbonyl (C=O) groups is 1. The number of nitrogens with one attached hydrogen (secondary N) is 1. The average molecular weight is 300 g/mol. The summed E-state index contributed by atoms with van der Waals surface area (Å²) in [5.41, 5.74) is -1.50. The van der Waals surface area contributed by atoms with Crippen LogP contribution in [0.5, 0.6) is 0 Å². The molecule has 1 saturated heterocycles. The van der Waals surface area contributed by atoms with Gasteiger partial charge in [-0.25, -0.2) is 9.18 Å². The van der Waals surface area contributed by atoms with Gasteiger partial charge in [-0.05, 0) is 6.07 Å². The van der Waals surface area contributed by atoms with E-state index in [1.54, 1.807) is 0 Å². The SMILES string of the molecule is O=C(O)c1cc(NCC2COCCO2)c(F)cc1[N+](=O)[O-]. The molecule has 1 atom stereocenters. The standard InChI is InChI=1S/C12H13FN2O6/c13-9-4-11(15(18)19)8(12(16)17)3-10(9)14-5-7-6-20-1-2-21-7/h3-4,7,14H,1-2,5-6H2,(H,16,17). The number of carboxylic acids is 1. The van der Waals surface area contributed by atoms with Crippen LogP contribution in [0.25, 0.3) is 0 Å². The van der Waals surface area contributed by atoms with Crippen LogP contribution in [0.2, 0.25) is 0 Å². The molecule has 8 nitrogen and oxygen atoms in total. The monoisotopic (exact) mass is 300 g/mol. The van der Waals surface area contributed by atoms with Gasteiger partial charge in [0, 0.05) is 6.54 Å². The van der Waals surface area contributed by atoms with Gasteiger partial charge in [0.2, 0.25) is 0 Å². The molecule has 0 radical (unpaired) electrons. The van der Waals surface area contributed by atoms with Crippen LogP contribution in [0.15, 0.2) is 12.1 Å². The Morgan fingerprint density at radius 3 is 2.86 bits per heavy atom. The third-order valence-electron chi connectivity index (χ3n) is 2.92. The minimum Gasteiger partial charge on any atom is -0.477 e. The quantitative estimate of drug-likeness (QED) is 0.622. The second kappa shape index (κ2) is 6.46. The van der Waals surface area contributed by atoms with Crippen molar-refractivity contribution in [3.8, 4) is 0 Å². The molecule has 1 aromatic rings. The van der Waals surface area contributed by atoms with E-state index in [1.165, 1.54) is 0 Å². The van der Waals surface area contributed by atoms with Crippen molar-refractivity contribution in [2.45, 2.75) is 6.10 Å². The fourth-order valence-corrected chi connectivity index (χ4v) is 1.90. The first-order valence-electron chi connectivity index (χ1n) is 6.13. The summed E-state index contributed by atoms with van der Waals surface area (Å²) in [7, 11) is 0. The van der Waals surface area contributed by atoms with Gasteiger partial charge in [-0.15, -0.1) is 0 Å². The lowest BCUT2D eigenvalue weighted by Crippen LogP contribution is -2.34. The first-order valence-corrected chi connectivity index (χ1v) is 6.13. The Morgan fingerprint density at radius 1 is 1.52 bits per heavy atom. The van der Waals surface area contributed by atoms with Gasteiger partial charge in [0.15, 0.2) is 5.82 Å². The summed E-state index contributed by atoms with van der Waals surface area (Å²) >= 11 is 0. The Balaban J connectivity index is 2.17. The van der Waals surface area contributed by atoms with Gasteiger partial charge in [-0.2, -0.15) is 0 Å². The minimum absolute atomic E-state index is 0.132. The molecule has 21 heavy (non-hydrogen) atoms. The van der Waals surface area contributed by atoms with Gasteiger partial charge in [-0.1, -0.05) is 0 Å². The summed E-state index contributed by atoms with van der Waals surface area (Å²) in [6.45, 7) is 1.46. The van der Waals surface area contributed by atoms with Crippen LogP contribution in [0, 0.1) is 15.9 Å². The Labute approximate surface area is 118 Å². The van der Waals surface area contributed by atoms with E-state index < -0.39 is 28.0 Å². The van der Waals surface area contributed by atoms with Crippen LogP contribution >= 0.6 is 0 Å². The molecule has 0 amide bonds. The summed E-state index contributed by atoms with van der Waals surface area (Å²) in [4.78, 5) is 20.8. The third kappa shape index (κ3) is 3.64. The first-order chi connectivity index (χ1) is 9.99. The summed E-state index contributed by atoms with van der Waals surface area (Å²) < 4.78 is 24.3. The van der Waals surface area contributed by atoms with Crippen molar-refractivity contribution in [1.82, 2.24) is 0 Å². The molecule has 1 fully saturated rings. The van der Waals surface area contributed by atoms with Gasteiger partial charge < -0.3 is 19.9 Å². The highest BCUT2D eigenvalue weighted by Crippen LogP contribution is 2.26. The van der Waals surface area contributed by atoms with Crippen LogP contribution in [0.3, 0.4) is 0 Å². The topological polar surface area (TPSA) is 111 Å². The number of nitro benzene ring substituents is 1. The predicted octanol–water partition coefficient (Wildman–Crippen LogP) is 1.26. The van der Waals surface area contributed by atoms with Crippen molar-refractivity contribution >= 4 is 17.3 Å². The van der Waals surface area contributed by atoms with Crippen LogP contribution in [-0.4, -0.2) is 48.5 Å². The van der Waals surface area contributed by atoms with Crippen LogP contribution in [-0.2, 0) is 9.47 Å². The Hall–Kier alpha value is -2.26. The molecule has 0 spiro atoms. The van der Waals surface area contributed by atoms with E-state index in [-0.39, 0.29) is 18.3 Å². The van der Waals surface area contributed by atoms with Crippen molar-refractivity contribution < 1.29 is 28.7 Å². The minimum atomic E-state index is -1.50. The van der Waals surface area contributed by atoms with E-state index in [0.29, 0.717) is 25.9 Å². The van der Waals surface area contributed by atoms with Crippen LogP contribution in [0.1, 0.15) is 10.4 Å². The number of hydrogen-bond acceptors (Lipinski definition) is 6. The van der Waals surface area contributed by atoms with Crippen molar-refractivity contribution in [2.24, 2.45) is 0 Å². The molecule has 114 valence electrons. The maximum absolute atomic E-state index is 13.8. The summed E-state index contributed by atoms with van der Waals surface area (Å²) in [6, 6.07) is 1.49. The number of rotatable bonds is 5. The number of nitrogens with zero attached hydrogens (tertiary/aromatic N) is 1. The lowest BCUT2D eigenvalue weighted by molar-refractivity contribution is -0.385. The van der Waals surface area contributed by atoms with Gasteiger partial charge in [0.05, 0.1) is 42.6 Å². The zero-order valence-corrected chi connectivity index (χ0v) is 10.9. The zero-order chi connectivity index (χ0) is 15.4. The maximum atomic E-state index is 13.8. The van der Waals surface area contributed by atoms with Crippen molar-refractivity contribution in [2.75, 3.05) is 31.7 Å². The Bertz CT molecular complexity index is 559. The summed E-state index contributed by atoms with van der Waals surface area (Å²) in [6.07, 6.45) is -0.290. The van der Waals surface area contributed by atoms with Gasteiger partial charge in [0.1, 0.15) is 5.56 Å². The molecule has 1 heterocycles. The van der Waals surface area contributed by atoms with Gasteiger partial charge in [0.25, 0.3) is 5.69 Å². The van der Waals surface area contributed by atoms with E-state index in [2.05, 4.69) is 5.32 Å². The molecule has 2 rings (SSSR count). The number of ether oxygens (including phenoxy) is 2. The van der Waals surface area contributed by atoms with E-state index in [1.807, 2.05) is 0 Å². The fourth-order valence-electron chi connectivity index (χ4n) is 1.90. The predicted molar refractivity (Wildman–Crippen MR) is 69.1 cm³/mol. The molecular formula is C12H13FN2O6. The number of anilines is 1. The third-order valence-corrected chi connectivity index (χ3v) is 2.92. The molecule has 1 aliphatic heterocycles. The molecule has 0 saturated carbocycles. The first kappa shape index (κ1) is 15.1. The second-order valence-corrected chi connectivity index (χ2v) is 4.36. The number of halogens is 1. The van der Waals surface area contributed by atoms with Crippen molar-refractivity contribution in [3.05, 3.63) is 33.6 Å². The number of aromatic carboxylic acids is 1. The van der Waals surface area contributed by atoms with Crippen molar-refractivity contribution in [1.29, 1.82) is 0 Å². The lowest BCUT2D eigenvalue weighted by atomic mass is 10.1. The molecular weight excluding hydrogens is 287 g/mol. The van der Waals surface area contributed by atoms with E-state index >= 15 is 0 Å². The maximum Gasteiger partial charge on any atom is 0.342 e. The van der Waals surface area contributed by atoms with E-state index in [0.717, 1.165) is 6.07 Å². The number of hydrogen-bond donors (Lipinski definition) is 2. The molecule has 1 aliphatic rings. The smallest absolute Gasteiger partial charge is 0.342 e. The van der Waals surface area contributed by atoms with Crippen LogP contribution in [0.4, 0.5) is 15.8 Å². The molecule has 1 unspecified atom stereocenters. The van der Waals surface area contributed by atoms with Crippen molar-refractivity contribution in [3.63, 3.8) is 0 Å². The largest absolute Gasteiger partial charge is 0.477 e. The van der Waals surface area contributed by atoms with E-state index in [9.17, 15) is 19.3 Å². The van der Waals surface area contributed by atoms with E-state index in [4.69, 9.17) is 14.6 Å². The molecule has 1 aromatic carbocycles. The highest BCUT2D eigenvalue weighted by molar-refractivity contribution is 5.93. The second-order valence-electron chi connectivity index (χ2n) is 4.36. The Morgan fingerprint density at radius 2 is 2.29 bits per heavy atom. The molecule has 0 aromatic heterocycles.